The summed E-state index contributed by atoms with van der Waals surface area (Å²) in [7, 11) is 0. The molecule has 1 aromatic heterocycles. The molecule has 0 fully saturated rings. The Kier molecular flexibility index (Phi) is 5.54. The normalized spacial score (nSPS) is 14.5. The number of hydrogen-bond donors (Lipinski definition) is 2. The minimum absolute atomic E-state index is 0.261. The van der Waals surface area contributed by atoms with Crippen LogP contribution in [0.3, 0.4) is 0 Å². The molecule has 1 aromatic carbocycles. The molecule has 0 aliphatic heterocycles. The molecule has 0 bridgehead atoms. The highest BCUT2D eigenvalue weighted by atomic mass is 16.4. The van der Waals surface area contributed by atoms with Gasteiger partial charge < -0.3 is 9.73 Å². The Bertz CT molecular complexity index is 925. The molecule has 6 nitrogen and oxygen atoms in total. The highest BCUT2D eigenvalue weighted by Gasteiger charge is 2.27. The van der Waals surface area contributed by atoms with E-state index in [1.165, 1.54) is 0 Å². The first kappa shape index (κ1) is 18.6. The van der Waals surface area contributed by atoms with Crippen LogP contribution in [0.15, 0.2) is 46.4 Å². The lowest BCUT2D eigenvalue weighted by molar-refractivity contribution is 0.0926. The number of aryl methyl sites for hydroxylation is 2. The summed E-state index contributed by atoms with van der Waals surface area (Å²) in [4.78, 5) is 24.6. The lowest BCUT2D eigenvalue weighted by Gasteiger charge is -2.13. The zero-order chi connectivity index (χ0) is 19.4. The smallest absolute Gasteiger partial charge is 0.287 e. The SMILES string of the molecule is C=CCNC(=O)c1oc2c(c1C)/C(=N/NC(=O)c1cccc(C)c1)CCC2. The van der Waals surface area contributed by atoms with E-state index in [9.17, 15) is 9.59 Å². The van der Waals surface area contributed by atoms with Crippen molar-refractivity contribution in [3.63, 3.8) is 0 Å². The van der Waals surface area contributed by atoms with Crippen LogP contribution in [0.1, 0.15) is 56.2 Å². The highest BCUT2D eigenvalue weighted by Crippen LogP contribution is 2.29. The largest absolute Gasteiger partial charge is 0.455 e. The second kappa shape index (κ2) is 8.03. The quantitative estimate of drug-likeness (QED) is 0.630. The third-order valence-electron chi connectivity index (χ3n) is 4.51. The molecule has 27 heavy (non-hydrogen) atoms. The first-order valence-electron chi connectivity index (χ1n) is 8.96. The summed E-state index contributed by atoms with van der Waals surface area (Å²) in [5.41, 5.74) is 6.51. The number of carbonyl (C=O) groups is 2. The van der Waals surface area contributed by atoms with Gasteiger partial charge in [0.25, 0.3) is 11.8 Å². The van der Waals surface area contributed by atoms with E-state index in [1.807, 2.05) is 32.0 Å². The number of rotatable bonds is 5. The van der Waals surface area contributed by atoms with Crippen LogP contribution in [-0.4, -0.2) is 24.1 Å². The highest BCUT2D eigenvalue weighted by molar-refractivity contribution is 6.07. The standard InChI is InChI=1S/C21H23N3O3/c1-4-11-22-21(26)19-14(3)18-16(9-6-10-17(18)27-19)23-24-20(25)15-8-5-7-13(2)12-15/h4-5,7-8,12H,1,6,9-11H2,2-3H3,(H,22,26)(H,24,25)/b23-16+. The number of hydrogen-bond acceptors (Lipinski definition) is 4. The van der Waals surface area contributed by atoms with E-state index in [4.69, 9.17) is 4.42 Å². The minimum Gasteiger partial charge on any atom is -0.455 e. The molecule has 2 amide bonds. The molecule has 1 heterocycles. The molecule has 0 spiro atoms. The summed E-state index contributed by atoms with van der Waals surface area (Å²) < 4.78 is 5.79. The first-order valence-corrected chi connectivity index (χ1v) is 8.96. The molecule has 1 aliphatic rings. The van der Waals surface area contributed by atoms with Crippen molar-refractivity contribution in [3.8, 4) is 0 Å². The number of amides is 2. The summed E-state index contributed by atoms with van der Waals surface area (Å²) in [6.07, 6.45) is 3.93. The fraction of sp³-hybridized carbons (Fsp3) is 0.286. The third kappa shape index (κ3) is 4.00. The van der Waals surface area contributed by atoms with Gasteiger partial charge in [-0.1, -0.05) is 23.8 Å². The third-order valence-corrected chi connectivity index (χ3v) is 4.51. The van der Waals surface area contributed by atoms with E-state index in [-0.39, 0.29) is 11.8 Å². The molecular formula is C21H23N3O3. The maximum absolute atomic E-state index is 12.4. The Morgan fingerprint density at radius 2 is 2.07 bits per heavy atom. The lowest BCUT2D eigenvalue weighted by Crippen LogP contribution is -2.24. The Hall–Kier alpha value is -3.15. The number of nitrogens with zero attached hydrogens (tertiary/aromatic N) is 1. The fourth-order valence-corrected chi connectivity index (χ4v) is 3.21. The Balaban J connectivity index is 1.84. The van der Waals surface area contributed by atoms with Crippen LogP contribution in [0.2, 0.25) is 0 Å². The molecular weight excluding hydrogens is 342 g/mol. The van der Waals surface area contributed by atoms with E-state index >= 15 is 0 Å². The molecule has 140 valence electrons. The molecule has 0 radical (unpaired) electrons. The predicted molar refractivity (Wildman–Crippen MR) is 104 cm³/mol. The topological polar surface area (TPSA) is 83.7 Å². The van der Waals surface area contributed by atoms with Gasteiger partial charge in [-0.25, -0.2) is 5.43 Å². The van der Waals surface area contributed by atoms with Gasteiger partial charge in [-0.3, -0.25) is 9.59 Å². The molecule has 0 saturated carbocycles. The molecule has 0 saturated heterocycles. The number of fused-ring (bicyclic) bond motifs is 1. The maximum Gasteiger partial charge on any atom is 0.287 e. The Morgan fingerprint density at radius 1 is 1.26 bits per heavy atom. The van der Waals surface area contributed by atoms with E-state index in [0.717, 1.165) is 47.4 Å². The van der Waals surface area contributed by atoms with Crippen molar-refractivity contribution < 1.29 is 14.0 Å². The van der Waals surface area contributed by atoms with Crippen LogP contribution in [0, 0.1) is 13.8 Å². The van der Waals surface area contributed by atoms with Gasteiger partial charge in [0.1, 0.15) is 5.76 Å². The molecule has 6 heteroatoms. The van der Waals surface area contributed by atoms with Crippen LogP contribution in [0.25, 0.3) is 0 Å². The van der Waals surface area contributed by atoms with Gasteiger partial charge in [0, 0.05) is 29.7 Å². The second-order valence-electron chi connectivity index (χ2n) is 6.58. The lowest BCUT2D eigenvalue weighted by atomic mass is 9.93. The Morgan fingerprint density at radius 3 is 2.81 bits per heavy atom. The summed E-state index contributed by atoms with van der Waals surface area (Å²) >= 11 is 0. The molecule has 2 N–H and O–H groups in total. The van der Waals surface area contributed by atoms with Crippen molar-refractivity contribution in [1.29, 1.82) is 0 Å². The monoisotopic (exact) mass is 365 g/mol. The van der Waals surface area contributed by atoms with Crippen molar-refractivity contribution >= 4 is 17.5 Å². The number of nitrogens with one attached hydrogen (secondary N) is 2. The van der Waals surface area contributed by atoms with Crippen molar-refractivity contribution in [2.24, 2.45) is 5.10 Å². The predicted octanol–water partition coefficient (Wildman–Crippen LogP) is 3.28. The van der Waals surface area contributed by atoms with E-state index < -0.39 is 0 Å². The zero-order valence-electron chi connectivity index (χ0n) is 15.6. The van der Waals surface area contributed by atoms with Crippen molar-refractivity contribution in [2.75, 3.05) is 6.54 Å². The van der Waals surface area contributed by atoms with Gasteiger partial charge in [-0.05, 0) is 38.8 Å². The van der Waals surface area contributed by atoms with Crippen LogP contribution < -0.4 is 10.7 Å². The van der Waals surface area contributed by atoms with Gasteiger partial charge >= 0.3 is 0 Å². The van der Waals surface area contributed by atoms with Crippen LogP contribution in [0.4, 0.5) is 0 Å². The number of benzene rings is 1. The second-order valence-corrected chi connectivity index (χ2v) is 6.58. The van der Waals surface area contributed by atoms with Gasteiger partial charge in [0.2, 0.25) is 0 Å². The van der Waals surface area contributed by atoms with Crippen molar-refractivity contribution in [1.82, 2.24) is 10.7 Å². The fourth-order valence-electron chi connectivity index (χ4n) is 3.21. The molecule has 0 atom stereocenters. The zero-order valence-corrected chi connectivity index (χ0v) is 15.6. The maximum atomic E-state index is 12.4. The average molecular weight is 365 g/mol. The average Bonchev–Trinajstić information content (AvgIpc) is 3.01. The van der Waals surface area contributed by atoms with Crippen LogP contribution >= 0.6 is 0 Å². The van der Waals surface area contributed by atoms with Crippen molar-refractivity contribution in [2.45, 2.75) is 33.1 Å². The van der Waals surface area contributed by atoms with Gasteiger partial charge in [-0.2, -0.15) is 5.10 Å². The molecule has 1 aliphatic carbocycles. The minimum atomic E-state index is -0.273. The van der Waals surface area contributed by atoms with E-state index in [1.54, 1.807) is 12.1 Å². The van der Waals surface area contributed by atoms with Gasteiger partial charge in [0.05, 0.1) is 5.71 Å². The first-order chi connectivity index (χ1) is 13.0. The van der Waals surface area contributed by atoms with E-state index in [0.29, 0.717) is 17.9 Å². The Labute approximate surface area is 158 Å². The summed E-state index contributed by atoms with van der Waals surface area (Å²) in [5, 5.41) is 7.07. The van der Waals surface area contributed by atoms with E-state index in [2.05, 4.69) is 22.4 Å². The van der Waals surface area contributed by atoms with Crippen LogP contribution in [0.5, 0.6) is 0 Å². The number of carbonyl (C=O) groups excluding carboxylic acids is 2. The number of hydrazone groups is 1. The summed E-state index contributed by atoms with van der Waals surface area (Å²) in [6, 6.07) is 7.33. The molecule has 3 rings (SSSR count). The summed E-state index contributed by atoms with van der Waals surface area (Å²) in [6.45, 7) is 7.74. The van der Waals surface area contributed by atoms with Crippen molar-refractivity contribution in [3.05, 3.63) is 70.7 Å². The van der Waals surface area contributed by atoms with Gasteiger partial charge in [-0.15, -0.1) is 6.58 Å². The molecule has 2 aromatic rings. The van der Waals surface area contributed by atoms with Crippen LogP contribution in [-0.2, 0) is 6.42 Å². The number of furan rings is 1. The molecule has 0 unspecified atom stereocenters. The van der Waals surface area contributed by atoms with Gasteiger partial charge in [0.15, 0.2) is 5.76 Å². The summed E-state index contributed by atoms with van der Waals surface area (Å²) in [5.74, 6) is 0.501.